The van der Waals surface area contributed by atoms with Crippen molar-refractivity contribution in [3.63, 3.8) is 0 Å². The van der Waals surface area contributed by atoms with Crippen LogP contribution in [0.4, 0.5) is 0 Å². The predicted molar refractivity (Wildman–Crippen MR) is 158 cm³/mol. The van der Waals surface area contributed by atoms with E-state index in [0.29, 0.717) is 0 Å². The van der Waals surface area contributed by atoms with Crippen molar-refractivity contribution in [3.8, 4) is 34.3 Å². The van der Waals surface area contributed by atoms with Crippen molar-refractivity contribution in [1.82, 2.24) is 4.98 Å². The molecule has 4 heterocycles. The zero-order valence-electron chi connectivity index (χ0n) is 21.4. The number of ether oxygens (including phenoxy) is 2. The molecule has 0 saturated heterocycles. The normalized spacial score (nSPS) is 13.5. The number of pyridine rings is 1. The van der Waals surface area contributed by atoms with Crippen LogP contribution in [0.25, 0.3) is 33.2 Å². The summed E-state index contributed by atoms with van der Waals surface area (Å²) in [6.45, 7) is 0.0178. The molecule has 2 aromatic heterocycles. The van der Waals surface area contributed by atoms with Crippen LogP contribution in [-0.2, 0) is 0 Å². The van der Waals surface area contributed by atoms with Crippen molar-refractivity contribution in [2.75, 3.05) is 0 Å². The third kappa shape index (κ3) is 3.15. The van der Waals surface area contributed by atoms with Crippen LogP contribution in [0.1, 0.15) is 0 Å². The molecule has 0 unspecified atom stereocenters. The molecule has 0 fully saturated rings. The second kappa shape index (κ2) is 7.78. The number of nitrogens with zero attached hydrogens (tertiary/aromatic N) is 1. The number of aromatic nitrogens is 1. The molecule has 6 heteroatoms. The summed E-state index contributed by atoms with van der Waals surface area (Å²) < 4.78 is 20.8. The molecule has 0 aliphatic carbocycles. The van der Waals surface area contributed by atoms with Crippen LogP contribution in [0.2, 0.25) is 17.3 Å². The minimum atomic E-state index is -1.94. The molecule has 0 amide bonds. The van der Waals surface area contributed by atoms with E-state index in [4.69, 9.17) is 18.9 Å². The van der Waals surface area contributed by atoms with Crippen LogP contribution in [0.5, 0.6) is 23.0 Å². The molecule has 0 saturated carbocycles. The maximum absolute atomic E-state index is 6.60. The molecule has 6 aromatic rings. The van der Waals surface area contributed by atoms with Crippen molar-refractivity contribution in [2.45, 2.75) is 17.3 Å². The van der Waals surface area contributed by atoms with Crippen LogP contribution >= 0.6 is 0 Å². The number of hydrogen-bond donors (Lipinski definition) is 0. The van der Waals surface area contributed by atoms with E-state index in [1.54, 1.807) is 0 Å². The number of benzene rings is 4. The van der Waals surface area contributed by atoms with Crippen LogP contribution in [0, 0.1) is 0 Å². The number of fused-ring (bicyclic) bond motifs is 7. The molecule has 0 radical (unpaired) electrons. The van der Waals surface area contributed by atoms with Gasteiger partial charge in [-0.1, -0.05) is 24.3 Å². The van der Waals surface area contributed by atoms with E-state index >= 15 is 0 Å². The van der Waals surface area contributed by atoms with Gasteiger partial charge in [0.2, 0.25) is 0 Å². The Labute approximate surface area is 223 Å². The van der Waals surface area contributed by atoms with Crippen LogP contribution in [-0.4, -0.2) is 25.0 Å². The molecule has 38 heavy (non-hydrogen) atoms. The topological polar surface area (TPSA) is 44.5 Å². The quantitative estimate of drug-likeness (QED) is 0.249. The summed E-state index contributed by atoms with van der Waals surface area (Å²) in [5, 5.41) is 2.11. The van der Waals surface area contributed by atoms with Gasteiger partial charge in [0.05, 0.1) is 0 Å². The van der Waals surface area contributed by atoms with Gasteiger partial charge >= 0.3 is 166 Å². The molecule has 2 aliphatic heterocycles. The van der Waals surface area contributed by atoms with E-state index in [2.05, 4.69) is 78.1 Å². The summed E-state index contributed by atoms with van der Waals surface area (Å²) in [5.41, 5.74) is 6.94. The summed E-state index contributed by atoms with van der Waals surface area (Å²) in [6.07, 6.45) is 2.06. The molecule has 0 bridgehead atoms. The Hall–Kier alpha value is -3.96. The third-order valence-electron chi connectivity index (χ3n) is 7.83. The Bertz CT molecular complexity index is 1920. The first-order valence-electron chi connectivity index (χ1n) is 13.0. The molecule has 4 nitrogen and oxygen atoms in total. The number of rotatable bonds is 2. The molecular formula is C32H24BGeNO3. The van der Waals surface area contributed by atoms with Crippen LogP contribution in [0.15, 0.2) is 95.5 Å². The molecule has 0 N–H and O–H groups in total. The van der Waals surface area contributed by atoms with Crippen molar-refractivity contribution >= 4 is 62.7 Å². The van der Waals surface area contributed by atoms with Gasteiger partial charge in [-0.2, -0.15) is 0 Å². The first kappa shape index (κ1) is 22.1. The van der Waals surface area contributed by atoms with Gasteiger partial charge in [0.15, 0.2) is 0 Å². The number of hydrogen-bond acceptors (Lipinski definition) is 4. The Morgan fingerprint density at radius 1 is 0.684 bits per heavy atom. The summed E-state index contributed by atoms with van der Waals surface area (Å²) in [4.78, 5) is 4.86. The van der Waals surface area contributed by atoms with Gasteiger partial charge in [0.25, 0.3) is 0 Å². The van der Waals surface area contributed by atoms with Gasteiger partial charge in [-0.25, -0.2) is 0 Å². The molecule has 4 aromatic carbocycles. The van der Waals surface area contributed by atoms with Crippen LogP contribution in [0.3, 0.4) is 0 Å². The molecule has 0 spiro atoms. The summed E-state index contributed by atoms with van der Waals surface area (Å²) in [5.74, 6) is 10.6. The monoisotopic (exact) mass is 555 g/mol. The van der Waals surface area contributed by atoms with E-state index in [9.17, 15) is 0 Å². The van der Waals surface area contributed by atoms with E-state index < -0.39 is 13.3 Å². The first-order chi connectivity index (χ1) is 18.5. The fourth-order valence-electron chi connectivity index (χ4n) is 5.87. The average molecular weight is 554 g/mol. The fraction of sp³-hybridized carbons (Fsp3) is 0.0938. The molecule has 0 atom stereocenters. The summed E-state index contributed by atoms with van der Waals surface area (Å²) in [7, 11) is 0. The number of para-hydroxylation sites is 2. The van der Waals surface area contributed by atoms with Crippen molar-refractivity contribution in [3.05, 3.63) is 91.1 Å². The van der Waals surface area contributed by atoms with Gasteiger partial charge in [0, 0.05) is 0 Å². The van der Waals surface area contributed by atoms with Crippen molar-refractivity contribution < 1.29 is 13.9 Å². The molecular weight excluding hydrogens is 530 g/mol. The van der Waals surface area contributed by atoms with Gasteiger partial charge in [-0.3, -0.25) is 0 Å². The van der Waals surface area contributed by atoms with Gasteiger partial charge in [0.1, 0.15) is 11.5 Å². The Balaban J connectivity index is 1.34. The molecule has 182 valence electrons. The summed E-state index contributed by atoms with van der Waals surface area (Å²) in [6, 6.07) is 29.3. The Morgan fingerprint density at radius 2 is 1.45 bits per heavy atom. The number of furan rings is 1. The van der Waals surface area contributed by atoms with E-state index in [1.807, 2.05) is 30.3 Å². The van der Waals surface area contributed by atoms with Gasteiger partial charge in [-0.05, 0) is 18.2 Å². The third-order valence-corrected chi connectivity index (χ3v) is 12.1. The van der Waals surface area contributed by atoms with Crippen LogP contribution < -0.4 is 30.3 Å². The fourth-order valence-corrected chi connectivity index (χ4v) is 8.04. The van der Waals surface area contributed by atoms with E-state index in [1.165, 1.54) is 4.40 Å². The Morgan fingerprint density at radius 3 is 2.24 bits per heavy atom. The first-order valence-corrected chi connectivity index (χ1v) is 20.3. The second-order valence-electron chi connectivity index (χ2n) is 11.2. The molecule has 2 aliphatic rings. The second-order valence-corrected chi connectivity index (χ2v) is 21.8. The zero-order valence-corrected chi connectivity index (χ0v) is 23.5. The van der Waals surface area contributed by atoms with Gasteiger partial charge < -0.3 is 4.74 Å². The maximum atomic E-state index is 6.60. The average Bonchev–Trinajstić information content (AvgIpc) is 3.29. The van der Waals surface area contributed by atoms with Crippen molar-refractivity contribution in [1.29, 1.82) is 0 Å². The van der Waals surface area contributed by atoms with E-state index in [0.717, 1.165) is 72.6 Å². The zero-order chi connectivity index (χ0) is 25.6. The van der Waals surface area contributed by atoms with Crippen molar-refractivity contribution in [2.24, 2.45) is 0 Å². The summed E-state index contributed by atoms with van der Waals surface area (Å²) >= 11 is -1.94. The van der Waals surface area contributed by atoms with E-state index in [-0.39, 0.29) is 6.71 Å². The SMILES string of the molecule is [CH3][Ge]([CH3])([CH3])[c]1ccc(-c2cccc3c2oc2cc4c(cc23)Oc2cccc3c2B4c2ccccc2O3)nc1. The van der Waals surface area contributed by atoms with Gasteiger partial charge in [-0.15, -0.1) is 0 Å². The standard InChI is InChI=1S/C32H24BGeNO3/c1-34(2,3)19-14-15-25(35-18-19)21-9-6-8-20-22-16-30-24(17-29(22)38-32(20)21)33-23-10-4-5-11-26(23)36-27-12-7-13-28(37-30)31(27)33/h4-18H,1-3H3. The Kier molecular flexibility index (Phi) is 4.51. The minimum absolute atomic E-state index is 0.0178. The predicted octanol–water partition coefficient (Wildman–Crippen LogP) is 5.92. The molecule has 8 rings (SSSR count).